The third-order valence-electron chi connectivity index (χ3n) is 3.02. The van der Waals surface area contributed by atoms with Crippen LogP contribution in [0.3, 0.4) is 0 Å². The molecule has 1 N–H and O–H groups in total. The number of aliphatic hydroxyl groups is 1. The lowest BCUT2D eigenvalue weighted by molar-refractivity contribution is -0.137. The van der Waals surface area contributed by atoms with E-state index in [1.54, 1.807) is 24.3 Å². The normalized spacial score (nSPS) is 11.3. The number of methoxy groups -OCH3 is 1. The van der Waals surface area contributed by atoms with Crippen molar-refractivity contribution in [2.45, 2.75) is 6.18 Å². The first kappa shape index (κ1) is 16.2. The van der Waals surface area contributed by atoms with E-state index in [0.29, 0.717) is 16.9 Å². The summed E-state index contributed by atoms with van der Waals surface area (Å²) in [5, 5.41) is 8.74. The maximum Gasteiger partial charge on any atom is 0.416 e. The molecular formula is C16H15F3O3. The van der Waals surface area contributed by atoms with E-state index in [1.165, 1.54) is 13.2 Å². The van der Waals surface area contributed by atoms with Crippen LogP contribution in [0.25, 0.3) is 11.1 Å². The Morgan fingerprint density at radius 1 is 0.955 bits per heavy atom. The molecule has 0 fully saturated rings. The van der Waals surface area contributed by atoms with E-state index in [4.69, 9.17) is 14.6 Å². The maximum atomic E-state index is 13.0. The Morgan fingerprint density at radius 3 is 2.18 bits per heavy atom. The number of hydrogen-bond acceptors (Lipinski definition) is 3. The van der Waals surface area contributed by atoms with Crippen LogP contribution in [0.5, 0.6) is 11.5 Å². The van der Waals surface area contributed by atoms with E-state index >= 15 is 0 Å². The molecular weight excluding hydrogens is 297 g/mol. The molecule has 2 aromatic carbocycles. The lowest BCUT2D eigenvalue weighted by atomic mass is 10.0. The first-order valence-corrected chi connectivity index (χ1v) is 6.54. The molecule has 0 aromatic heterocycles. The van der Waals surface area contributed by atoms with Crippen molar-refractivity contribution in [3.63, 3.8) is 0 Å². The van der Waals surface area contributed by atoms with Crippen molar-refractivity contribution in [3.8, 4) is 22.6 Å². The van der Waals surface area contributed by atoms with Gasteiger partial charge in [0, 0.05) is 0 Å². The average Bonchev–Trinajstić information content (AvgIpc) is 2.52. The van der Waals surface area contributed by atoms with Crippen LogP contribution in [0.15, 0.2) is 42.5 Å². The molecule has 0 saturated carbocycles. The Hall–Kier alpha value is -2.21. The summed E-state index contributed by atoms with van der Waals surface area (Å²) in [5.74, 6) is 0.683. The second-order valence-electron chi connectivity index (χ2n) is 4.54. The first-order valence-electron chi connectivity index (χ1n) is 6.54. The molecule has 0 bridgehead atoms. The molecule has 0 atom stereocenters. The highest BCUT2D eigenvalue weighted by molar-refractivity contribution is 5.67. The Balaban J connectivity index is 2.43. The van der Waals surface area contributed by atoms with Gasteiger partial charge in [-0.25, -0.2) is 0 Å². The van der Waals surface area contributed by atoms with Crippen LogP contribution in [0.4, 0.5) is 13.2 Å². The van der Waals surface area contributed by atoms with Gasteiger partial charge in [0.15, 0.2) is 0 Å². The summed E-state index contributed by atoms with van der Waals surface area (Å²) in [5.41, 5.74) is 0.194. The van der Waals surface area contributed by atoms with Crippen LogP contribution in [0.2, 0.25) is 0 Å². The number of aliphatic hydroxyl groups excluding tert-OH is 1. The largest absolute Gasteiger partial charge is 0.497 e. The van der Waals surface area contributed by atoms with E-state index in [1.807, 2.05) is 0 Å². The fourth-order valence-corrected chi connectivity index (χ4v) is 1.96. The van der Waals surface area contributed by atoms with E-state index in [2.05, 4.69) is 0 Å². The fraction of sp³-hybridized carbons (Fsp3) is 0.250. The molecule has 0 aliphatic heterocycles. The van der Waals surface area contributed by atoms with Gasteiger partial charge in [-0.3, -0.25) is 0 Å². The lowest BCUT2D eigenvalue weighted by Gasteiger charge is -2.13. The third kappa shape index (κ3) is 3.92. The first-order chi connectivity index (χ1) is 10.4. The summed E-state index contributed by atoms with van der Waals surface area (Å²) in [7, 11) is 1.51. The van der Waals surface area contributed by atoms with Gasteiger partial charge in [0.25, 0.3) is 0 Å². The summed E-state index contributed by atoms with van der Waals surface area (Å²) >= 11 is 0. The fourth-order valence-electron chi connectivity index (χ4n) is 1.96. The Labute approximate surface area is 125 Å². The van der Waals surface area contributed by atoms with Gasteiger partial charge in [-0.05, 0) is 41.5 Å². The van der Waals surface area contributed by atoms with Crippen LogP contribution in [0.1, 0.15) is 5.56 Å². The molecule has 0 aliphatic carbocycles. The highest BCUT2D eigenvalue weighted by Crippen LogP contribution is 2.36. The van der Waals surface area contributed by atoms with Crippen molar-refractivity contribution in [1.29, 1.82) is 0 Å². The quantitative estimate of drug-likeness (QED) is 0.914. The van der Waals surface area contributed by atoms with Crippen LogP contribution in [-0.4, -0.2) is 25.4 Å². The molecule has 0 unspecified atom stereocenters. The van der Waals surface area contributed by atoms with E-state index < -0.39 is 11.7 Å². The van der Waals surface area contributed by atoms with Crippen molar-refractivity contribution < 1.29 is 27.8 Å². The van der Waals surface area contributed by atoms with Crippen LogP contribution >= 0.6 is 0 Å². The van der Waals surface area contributed by atoms with E-state index in [9.17, 15) is 13.2 Å². The van der Waals surface area contributed by atoms with Gasteiger partial charge < -0.3 is 14.6 Å². The molecule has 0 saturated heterocycles. The molecule has 22 heavy (non-hydrogen) atoms. The molecule has 0 aliphatic rings. The molecule has 0 amide bonds. The minimum Gasteiger partial charge on any atom is -0.497 e. The van der Waals surface area contributed by atoms with Gasteiger partial charge in [-0.1, -0.05) is 12.1 Å². The Morgan fingerprint density at radius 2 is 1.64 bits per heavy atom. The standard InChI is InChI=1S/C16H15F3O3/c1-21-14-4-2-11(3-5-14)12-8-13(16(17,18)19)10-15(9-12)22-7-6-20/h2-5,8-10,20H,6-7H2,1H3. The predicted octanol–water partition coefficient (Wildman–Crippen LogP) is 3.75. The van der Waals surface area contributed by atoms with Crippen molar-refractivity contribution in [1.82, 2.24) is 0 Å². The van der Waals surface area contributed by atoms with Crippen molar-refractivity contribution >= 4 is 0 Å². The van der Waals surface area contributed by atoms with Gasteiger partial charge in [0.05, 0.1) is 19.3 Å². The van der Waals surface area contributed by atoms with Crippen molar-refractivity contribution in [2.75, 3.05) is 20.3 Å². The average molecular weight is 312 g/mol. The number of hydrogen-bond donors (Lipinski definition) is 1. The molecule has 0 heterocycles. The SMILES string of the molecule is COc1ccc(-c2cc(OCCO)cc(C(F)(F)F)c2)cc1. The second kappa shape index (κ2) is 6.70. The number of ether oxygens (including phenoxy) is 2. The molecule has 0 radical (unpaired) electrons. The number of halogens is 3. The molecule has 0 spiro atoms. The summed E-state index contributed by atoms with van der Waals surface area (Å²) in [6.07, 6.45) is -4.47. The number of benzene rings is 2. The zero-order valence-corrected chi connectivity index (χ0v) is 11.9. The second-order valence-corrected chi connectivity index (χ2v) is 4.54. The van der Waals surface area contributed by atoms with Crippen molar-refractivity contribution in [3.05, 3.63) is 48.0 Å². The highest BCUT2D eigenvalue weighted by atomic mass is 19.4. The van der Waals surface area contributed by atoms with Gasteiger partial charge >= 0.3 is 6.18 Å². The number of rotatable bonds is 5. The van der Waals surface area contributed by atoms with Gasteiger partial charge in [0.2, 0.25) is 0 Å². The zero-order chi connectivity index (χ0) is 16.2. The molecule has 118 valence electrons. The molecule has 2 rings (SSSR count). The minimum atomic E-state index is -4.47. The van der Waals surface area contributed by atoms with Gasteiger partial charge in [-0.2, -0.15) is 13.2 Å². The van der Waals surface area contributed by atoms with Crippen LogP contribution in [0, 0.1) is 0 Å². The van der Waals surface area contributed by atoms with Crippen molar-refractivity contribution in [2.24, 2.45) is 0 Å². The monoisotopic (exact) mass is 312 g/mol. The Kier molecular flexibility index (Phi) is 4.92. The highest BCUT2D eigenvalue weighted by Gasteiger charge is 2.31. The summed E-state index contributed by atoms with van der Waals surface area (Å²) in [6.45, 7) is -0.336. The summed E-state index contributed by atoms with van der Waals surface area (Å²) in [6, 6.07) is 10.2. The summed E-state index contributed by atoms with van der Waals surface area (Å²) in [4.78, 5) is 0. The maximum absolute atomic E-state index is 13.0. The van der Waals surface area contributed by atoms with Gasteiger partial charge in [-0.15, -0.1) is 0 Å². The zero-order valence-electron chi connectivity index (χ0n) is 11.9. The molecule has 6 heteroatoms. The molecule has 2 aromatic rings. The number of alkyl halides is 3. The van der Waals surface area contributed by atoms with Crippen LogP contribution < -0.4 is 9.47 Å². The smallest absolute Gasteiger partial charge is 0.416 e. The predicted molar refractivity (Wildman–Crippen MR) is 76.0 cm³/mol. The third-order valence-corrected chi connectivity index (χ3v) is 3.02. The van der Waals surface area contributed by atoms with E-state index in [0.717, 1.165) is 12.1 Å². The van der Waals surface area contributed by atoms with E-state index in [-0.39, 0.29) is 19.0 Å². The van der Waals surface area contributed by atoms with Gasteiger partial charge in [0.1, 0.15) is 18.1 Å². The molecule has 3 nitrogen and oxygen atoms in total. The Bertz CT molecular complexity index is 622. The summed E-state index contributed by atoms with van der Waals surface area (Å²) < 4.78 is 49.1. The topological polar surface area (TPSA) is 38.7 Å². The lowest BCUT2D eigenvalue weighted by Crippen LogP contribution is -2.07. The van der Waals surface area contributed by atoms with Crippen LogP contribution in [-0.2, 0) is 6.18 Å². The minimum absolute atomic E-state index is 0.0645.